The highest BCUT2D eigenvalue weighted by molar-refractivity contribution is 9.10. The molecule has 4 N–H and O–H groups in total. The van der Waals surface area contributed by atoms with Gasteiger partial charge in [-0.3, -0.25) is 4.79 Å². The van der Waals surface area contributed by atoms with E-state index in [2.05, 4.69) is 26.3 Å². The van der Waals surface area contributed by atoms with E-state index in [1.807, 2.05) is 6.07 Å². The summed E-state index contributed by atoms with van der Waals surface area (Å²) in [5.41, 5.74) is 2.42. The Morgan fingerprint density at radius 2 is 2.13 bits per heavy atom. The van der Waals surface area contributed by atoms with Crippen molar-refractivity contribution in [1.29, 1.82) is 0 Å². The van der Waals surface area contributed by atoms with Gasteiger partial charge in [0.1, 0.15) is 5.82 Å². The largest absolute Gasteiger partial charge is 0.481 e. The molecule has 1 heterocycles. The van der Waals surface area contributed by atoms with Crippen molar-refractivity contribution < 1.29 is 9.90 Å². The van der Waals surface area contributed by atoms with Gasteiger partial charge < -0.3 is 10.5 Å². The van der Waals surface area contributed by atoms with Crippen LogP contribution in [0.15, 0.2) is 22.8 Å². The van der Waals surface area contributed by atoms with Crippen LogP contribution in [0.1, 0.15) is 13.8 Å². The van der Waals surface area contributed by atoms with Crippen LogP contribution in [0.2, 0.25) is 0 Å². The number of carboxylic acid groups (broad SMARTS) is 1. The van der Waals surface area contributed by atoms with Crippen LogP contribution in [0, 0.1) is 5.92 Å². The second-order valence-electron chi connectivity index (χ2n) is 3.00. The molecule has 0 saturated carbocycles. The van der Waals surface area contributed by atoms with Crippen LogP contribution >= 0.6 is 15.9 Å². The molecule has 0 bridgehead atoms. The number of nitrogens with one attached hydrogen (secondary N) is 1. The number of hydrogen-bond donors (Lipinski definition) is 3. The number of hydrogen-bond acceptors (Lipinski definition) is 4. The Morgan fingerprint density at radius 1 is 1.60 bits per heavy atom. The van der Waals surface area contributed by atoms with Crippen LogP contribution in [0.4, 0.5) is 5.82 Å². The minimum absolute atomic E-state index is 0.231. The van der Waals surface area contributed by atoms with Gasteiger partial charge in [-0.2, -0.15) is 0 Å². The first-order valence-corrected chi connectivity index (χ1v) is 5.07. The third-order valence-corrected chi connectivity index (χ3v) is 1.84. The first-order chi connectivity index (χ1) is 6.97. The van der Waals surface area contributed by atoms with E-state index in [1.54, 1.807) is 26.1 Å². The third kappa shape index (κ3) is 6.87. The molecule has 0 aliphatic rings. The second kappa shape index (κ2) is 7.19. The van der Waals surface area contributed by atoms with Gasteiger partial charge in [-0.15, -0.1) is 0 Å². The molecule has 0 spiro atoms. The smallest absolute Gasteiger partial charge is 0.305 e. The van der Waals surface area contributed by atoms with Crippen molar-refractivity contribution in [3.63, 3.8) is 0 Å². The Hall–Kier alpha value is -1.14. The number of nitrogen functional groups attached to an aromatic ring is 1. The summed E-state index contributed by atoms with van der Waals surface area (Å²) in [7, 11) is 0. The maximum atomic E-state index is 9.70. The van der Waals surface area contributed by atoms with E-state index in [0.717, 1.165) is 4.47 Å². The van der Waals surface area contributed by atoms with Gasteiger partial charge in [-0.05, 0) is 28.1 Å². The van der Waals surface area contributed by atoms with Crippen LogP contribution in [0.5, 0.6) is 0 Å². The van der Waals surface area contributed by atoms with Crippen molar-refractivity contribution in [3.05, 3.63) is 22.8 Å². The maximum absolute atomic E-state index is 9.70. The number of pyridine rings is 1. The van der Waals surface area contributed by atoms with Crippen LogP contribution in [0.3, 0.4) is 0 Å². The van der Waals surface area contributed by atoms with E-state index in [9.17, 15) is 4.79 Å². The van der Waals surface area contributed by atoms with Crippen molar-refractivity contribution in [2.45, 2.75) is 13.8 Å². The maximum Gasteiger partial charge on any atom is 0.305 e. The van der Waals surface area contributed by atoms with Gasteiger partial charge >= 0.3 is 5.97 Å². The van der Waals surface area contributed by atoms with Crippen LogP contribution < -0.4 is 11.3 Å². The summed E-state index contributed by atoms with van der Waals surface area (Å²) >= 11 is 3.24. The molecule has 0 atom stereocenters. The monoisotopic (exact) mass is 275 g/mol. The van der Waals surface area contributed by atoms with Gasteiger partial charge in [-0.25, -0.2) is 10.8 Å². The molecule has 6 heteroatoms. The number of anilines is 1. The lowest BCUT2D eigenvalue weighted by molar-refractivity contribution is -0.140. The van der Waals surface area contributed by atoms with Crippen molar-refractivity contribution >= 4 is 27.7 Å². The summed E-state index contributed by atoms with van der Waals surface area (Å²) in [6.07, 6.45) is 1.68. The van der Waals surface area contributed by atoms with E-state index < -0.39 is 5.97 Å². The molecule has 15 heavy (non-hydrogen) atoms. The molecule has 1 rings (SSSR count). The molecule has 0 fully saturated rings. The van der Waals surface area contributed by atoms with Crippen LogP contribution in [-0.2, 0) is 4.79 Å². The molecule has 5 nitrogen and oxygen atoms in total. The van der Waals surface area contributed by atoms with E-state index >= 15 is 0 Å². The first kappa shape index (κ1) is 13.9. The summed E-state index contributed by atoms with van der Waals surface area (Å²) in [4.78, 5) is 13.6. The Bertz CT molecular complexity index is 301. The molecular weight excluding hydrogens is 262 g/mol. The molecule has 0 unspecified atom stereocenters. The zero-order valence-electron chi connectivity index (χ0n) is 8.57. The van der Waals surface area contributed by atoms with E-state index in [4.69, 9.17) is 10.9 Å². The zero-order valence-corrected chi connectivity index (χ0v) is 10.2. The van der Waals surface area contributed by atoms with E-state index in [0.29, 0.717) is 5.82 Å². The fourth-order valence-electron chi connectivity index (χ4n) is 0.461. The highest BCUT2D eigenvalue weighted by atomic mass is 79.9. The number of aromatic nitrogens is 1. The molecule has 1 aromatic heterocycles. The van der Waals surface area contributed by atoms with Gasteiger partial charge in [0, 0.05) is 10.7 Å². The Balaban J connectivity index is 0.000000288. The molecule has 0 aliphatic carbocycles. The number of hydrazine groups is 1. The molecule has 0 radical (unpaired) electrons. The van der Waals surface area contributed by atoms with Gasteiger partial charge in [-0.1, -0.05) is 13.8 Å². The number of carbonyl (C=O) groups is 1. The lowest BCUT2D eigenvalue weighted by Crippen LogP contribution is -2.07. The standard InChI is InChI=1S/C5H6BrN3.C4H8O2/c6-4-1-2-5(9-7)8-3-4;1-3(2)4(5)6/h1-3H,7H2,(H,8,9);3H,1-2H3,(H,5,6). The highest BCUT2D eigenvalue weighted by Gasteiger charge is 1.99. The van der Waals surface area contributed by atoms with Crippen molar-refractivity contribution in [3.8, 4) is 0 Å². The minimum Gasteiger partial charge on any atom is -0.481 e. The van der Waals surface area contributed by atoms with Gasteiger partial charge in [0.2, 0.25) is 0 Å². The number of rotatable bonds is 2. The molecule has 0 aliphatic heterocycles. The summed E-state index contributed by atoms with van der Waals surface area (Å²) in [5.74, 6) is 4.76. The van der Waals surface area contributed by atoms with Crippen molar-refractivity contribution in [2.24, 2.45) is 11.8 Å². The van der Waals surface area contributed by atoms with Gasteiger partial charge in [0.25, 0.3) is 0 Å². The zero-order chi connectivity index (χ0) is 11.8. The molecule has 0 amide bonds. The van der Waals surface area contributed by atoms with Crippen LogP contribution in [-0.4, -0.2) is 16.1 Å². The number of nitrogens with two attached hydrogens (primary N) is 1. The van der Waals surface area contributed by atoms with Crippen molar-refractivity contribution in [2.75, 3.05) is 5.43 Å². The number of nitrogens with zero attached hydrogens (tertiary/aromatic N) is 1. The van der Waals surface area contributed by atoms with E-state index in [1.165, 1.54) is 0 Å². The minimum atomic E-state index is -0.741. The SMILES string of the molecule is CC(C)C(=O)O.NNc1ccc(Br)cn1. The average molecular weight is 276 g/mol. The predicted octanol–water partition coefficient (Wildman–Crippen LogP) is 1.86. The van der Waals surface area contributed by atoms with E-state index in [-0.39, 0.29) is 5.92 Å². The lowest BCUT2D eigenvalue weighted by atomic mass is 10.2. The fraction of sp³-hybridized carbons (Fsp3) is 0.333. The summed E-state index contributed by atoms with van der Waals surface area (Å²) in [6, 6.07) is 3.65. The second-order valence-corrected chi connectivity index (χ2v) is 3.91. The molecule has 84 valence electrons. The summed E-state index contributed by atoms with van der Waals surface area (Å²) in [6.45, 7) is 3.28. The Kier molecular flexibility index (Phi) is 6.64. The van der Waals surface area contributed by atoms with Gasteiger partial charge in [0.05, 0.1) is 5.92 Å². The topological polar surface area (TPSA) is 88.2 Å². The molecule has 1 aromatic rings. The summed E-state index contributed by atoms with van der Waals surface area (Å²) < 4.78 is 0.946. The first-order valence-electron chi connectivity index (χ1n) is 4.28. The number of aliphatic carboxylic acids is 1. The average Bonchev–Trinajstić information content (AvgIpc) is 2.20. The molecule has 0 saturated heterocycles. The lowest BCUT2D eigenvalue weighted by Gasteiger charge is -1.95. The predicted molar refractivity (Wildman–Crippen MR) is 62.2 cm³/mol. The van der Waals surface area contributed by atoms with Gasteiger partial charge in [0.15, 0.2) is 0 Å². The highest BCUT2D eigenvalue weighted by Crippen LogP contribution is 2.08. The molecular formula is C9H14BrN3O2. The fourth-order valence-corrected chi connectivity index (χ4v) is 0.696. The molecule has 0 aromatic carbocycles. The Labute approximate surface area is 96.8 Å². The number of carboxylic acids is 1. The van der Waals surface area contributed by atoms with Crippen LogP contribution in [0.25, 0.3) is 0 Å². The normalized spacial score (nSPS) is 9.13. The Morgan fingerprint density at radius 3 is 2.40 bits per heavy atom. The number of halogens is 1. The quantitative estimate of drug-likeness (QED) is 0.566. The third-order valence-electron chi connectivity index (χ3n) is 1.37. The summed E-state index contributed by atoms with van der Waals surface area (Å²) in [5, 5.41) is 7.99. The van der Waals surface area contributed by atoms with Crippen molar-refractivity contribution in [1.82, 2.24) is 4.98 Å².